The number of alkyl halides is 3. The van der Waals surface area contributed by atoms with Crippen LogP contribution in [0, 0.1) is 12.8 Å². The number of piperidine rings is 1. The number of likely N-dealkylation sites (tertiary alicyclic amines) is 1. The Kier molecular flexibility index (Phi) is 5.30. The number of hydrogen-bond acceptors (Lipinski definition) is 3. The van der Waals surface area contributed by atoms with Gasteiger partial charge in [-0.2, -0.15) is 18.3 Å². The van der Waals surface area contributed by atoms with E-state index in [0.717, 1.165) is 12.1 Å². The van der Waals surface area contributed by atoms with Gasteiger partial charge in [0.25, 0.3) is 0 Å². The second-order valence-electron chi connectivity index (χ2n) is 6.68. The van der Waals surface area contributed by atoms with Crippen LogP contribution < -0.4 is 5.32 Å². The van der Waals surface area contributed by atoms with Crippen molar-refractivity contribution in [3.8, 4) is 5.69 Å². The van der Waals surface area contributed by atoms with E-state index in [1.54, 1.807) is 6.92 Å². The Labute approximate surface area is 158 Å². The van der Waals surface area contributed by atoms with E-state index in [0.29, 0.717) is 25.1 Å². The molecule has 28 heavy (non-hydrogen) atoms. The third kappa shape index (κ3) is 4.26. The number of carbonyl (C=O) groups is 2. The molecule has 0 bridgehead atoms. The van der Waals surface area contributed by atoms with E-state index in [4.69, 9.17) is 5.11 Å². The molecule has 7 nitrogen and oxygen atoms in total. The van der Waals surface area contributed by atoms with Gasteiger partial charge in [-0.15, -0.1) is 0 Å². The smallest absolute Gasteiger partial charge is 0.416 e. The molecule has 2 aromatic rings. The lowest BCUT2D eigenvalue weighted by atomic mass is 9.99. The van der Waals surface area contributed by atoms with E-state index in [2.05, 4.69) is 10.4 Å². The molecule has 1 atom stereocenters. The van der Waals surface area contributed by atoms with Gasteiger partial charge in [-0.3, -0.25) is 10.1 Å². The number of nitrogens with zero attached hydrogens (tertiary/aromatic N) is 3. The number of hydrogen-bond donors (Lipinski definition) is 2. The maximum absolute atomic E-state index is 13.0. The van der Waals surface area contributed by atoms with Crippen molar-refractivity contribution < 1.29 is 27.9 Å². The molecule has 3 rings (SSSR count). The molecule has 1 aliphatic heterocycles. The number of carbonyl (C=O) groups excluding carboxylic acids is 1. The van der Waals surface area contributed by atoms with Crippen LogP contribution in [0.4, 0.5) is 23.8 Å². The third-order valence-electron chi connectivity index (χ3n) is 4.54. The Morgan fingerprint density at radius 2 is 2.04 bits per heavy atom. The van der Waals surface area contributed by atoms with Gasteiger partial charge in [-0.05, 0) is 38.0 Å². The summed E-state index contributed by atoms with van der Waals surface area (Å²) in [6.45, 7) is 2.14. The Morgan fingerprint density at radius 3 is 2.71 bits per heavy atom. The number of benzene rings is 1. The highest BCUT2D eigenvalue weighted by atomic mass is 19.4. The van der Waals surface area contributed by atoms with E-state index in [9.17, 15) is 22.8 Å². The van der Waals surface area contributed by atoms with Gasteiger partial charge in [0, 0.05) is 19.2 Å². The number of amides is 2. The average Bonchev–Trinajstić information content (AvgIpc) is 3.01. The van der Waals surface area contributed by atoms with Crippen molar-refractivity contribution >= 4 is 17.8 Å². The molecule has 10 heteroatoms. The molecule has 150 valence electrons. The summed E-state index contributed by atoms with van der Waals surface area (Å²) in [5.41, 5.74) is -0.161. The topological polar surface area (TPSA) is 87.5 Å². The van der Waals surface area contributed by atoms with Crippen LogP contribution in [0.25, 0.3) is 5.69 Å². The zero-order valence-electron chi connectivity index (χ0n) is 15.0. The van der Waals surface area contributed by atoms with Crippen LogP contribution in [0.3, 0.4) is 0 Å². The normalized spacial score (nSPS) is 17.4. The van der Waals surface area contributed by atoms with Crippen LogP contribution in [0.1, 0.15) is 24.1 Å². The first kappa shape index (κ1) is 19.7. The molecule has 2 amide bonds. The molecule has 0 aliphatic carbocycles. The highest BCUT2D eigenvalue weighted by Crippen LogP contribution is 2.31. The fraction of sp³-hybridized carbons (Fsp3) is 0.389. The largest absolute Gasteiger partial charge is 0.481 e. The molecule has 1 saturated heterocycles. The highest BCUT2D eigenvalue weighted by molar-refractivity contribution is 5.89. The predicted molar refractivity (Wildman–Crippen MR) is 94.3 cm³/mol. The summed E-state index contributed by atoms with van der Waals surface area (Å²) in [4.78, 5) is 25.1. The lowest BCUT2D eigenvalue weighted by molar-refractivity contribution is -0.143. The second-order valence-corrected chi connectivity index (χ2v) is 6.68. The van der Waals surface area contributed by atoms with Gasteiger partial charge in [0.1, 0.15) is 5.82 Å². The van der Waals surface area contributed by atoms with E-state index in [1.165, 1.54) is 27.8 Å². The lowest BCUT2D eigenvalue weighted by Gasteiger charge is -2.30. The third-order valence-corrected chi connectivity index (χ3v) is 4.54. The Balaban J connectivity index is 1.83. The molecule has 1 aromatic carbocycles. The number of anilines is 1. The molecule has 2 N–H and O–H groups in total. The quantitative estimate of drug-likeness (QED) is 0.831. The fourth-order valence-corrected chi connectivity index (χ4v) is 3.15. The van der Waals surface area contributed by atoms with Gasteiger partial charge in [-0.25, -0.2) is 9.48 Å². The summed E-state index contributed by atoms with van der Waals surface area (Å²) in [6, 6.07) is 5.65. The van der Waals surface area contributed by atoms with Gasteiger partial charge < -0.3 is 10.0 Å². The van der Waals surface area contributed by atoms with Crippen molar-refractivity contribution in [2.24, 2.45) is 5.92 Å². The molecular formula is C18H19F3N4O3. The molecule has 0 saturated carbocycles. The van der Waals surface area contributed by atoms with Crippen molar-refractivity contribution in [2.45, 2.75) is 25.9 Å². The zero-order chi connectivity index (χ0) is 20.5. The summed E-state index contributed by atoms with van der Waals surface area (Å²) in [5, 5.41) is 15.9. The summed E-state index contributed by atoms with van der Waals surface area (Å²) >= 11 is 0. The van der Waals surface area contributed by atoms with E-state index in [1.807, 2.05) is 0 Å². The minimum atomic E-state index is -4.50. The van der Waals surface area contributed by atoms with E-state index >= 15 is 0 Å². The summed E-state index contributed by atoms with van der Waals surface area (Å²) in [7, 11) is 0. The molecule has 0 spiro atoms. The van der Waals surface area contributed by atoms with E-state index in [-0.39, 0.29) is 18.1 Å². The minimum absolute atomic E-state index is 0.0812. The van der Waals surface area contributed by atoms with Gasteiger partial charge in [-0.1, -0.05) is 6.07 Å². The number of aromatic nitrogens is 2. The number of aliphatic carboxylic acids is 1. The SMILES string of the molecule is Cc1cc(NC(=O)N2CCCC(C(=O)O)C2)n(-c2cccc(C(F)(F)F)c2)n1. The highest BCUT2D eigenvalue weighted by Gasteiger charge is 2.31. The summed E-state index contributed by atoms with van der Waals surface area (Å²) in [6.07, 6.45) is -3.43. The first-order chi connectivity index (χ1) is 13.1. The number of aryl methyl sites for hydroxylation is 1. The zero-order valence-corrected chi connectivity index (χ0v) is 15.0. The summed E-state index contributed by atoms with van der Waals surface area (Å²) in [5.74, 6) is -1.38. The fourth-order valence-electron chi connectivity index (χ4n) is 3.15. The van der Waals surface area contributed by atoms with Crippen LogP contribution in [-0.4, -0.2) is 44.9 Å². The molecule has 2 heterocycles. The van der Waals surface area contributed by atoms with Gasteiger partial charge in [0.15, 0.2) is 0 Å². The molecular weight excluding hydrogens is 377 g/mol. The van der Waals surface area contributed by atoms with Crippen LogP contribution in [-0.2, 0) is 11.0 Å². The molecule has 1 aromatic heterocycles. The number of carboxylic acid groups (broad SMARTS) is 1. The second kappa shape index (κ2) is 7.53. The molecule has 1 aliphatic rings. The predicted octanol–water partition coefficient (Wildman–Crippen LogP) is 3.53. The first-order valence-corrected chi connectivity index (χ1v) is 8.68. The van der Waals surface area contributed by atoms with Crippen molar-refractivity contribution in [1.29, 1.82) is 0 Å². The Bertz CT molecular complexity index is 894. The molecule has 0 radical (unpaired) electrons. The van der Waals surface area contributed by atoms with Crippen molar-refractivity contribution in [3.05, 3.63) is 41.6 Å². The first-order valence-electron chi connectivity index (χ1n) is 8.68. The van der Waals surface area contributed by atoms with Crippen LogP contribution in [0.2, 0.25) is 0 Å². The summed E-state index contributed by atoms with van der Waals surface area (Å²) < 4.78 is 40.2. The minimum Gasteiger partial charge on any atom is -0.481 e. The Hall–Kier alpha value is -3.04. The number of rotatable bonds is 3. The average molecular weight is 396 g/mol. The standard InChI is InChI=1S/C18H19F3N4O3/c1-11-8-15(22-17(28)24-7-3-4-12(10-24)16(26)27)25(23-11)14-6-2-5-13(9-14)18(19,20)21/h2,5-6,8-9,12H,3-4,7,10H2,1H3,(H,22,28)(H,26,27). The number of urea groups is 1. The maximum atomic E-state index is 13.0. The van der Waals surface area contributed by atoms with Crippen LogP contribution in [0.5, 0.6) is 0 Å². The molecule has 1 fully saturated rings. The van der Waals surface area contributed by atoms with Crippen LogP contribution >= 0.6 is 0 Å². The van der Waals surface area contributed by atoms with Crippen molar-refractivity contribution in [3.63, 3.8) is 0 Å². The van der Waals surface area contributed by atoms with E-state index < -0.39 is 29.7 Å². The number of nitrogens with one attached hydrogen (secondary N) is 1. The maximum Gasteiger partial charge on any atom is 0.416 e. The Morgan fingerprint density at radius 1 is 1.29 bits per heavy atom. The lowest BCUT2D eigenvalue weighted by Crippen LogP contribution is -2.44. The van der Waals surface area contributed by atoms with Gasteiger partial charge in [0.2, 0.25) is 0 Å². The van der Waals surface area contributed by atoms with Gasteiger partial charge in [0.05, 0.1) is 22.9 Å². The van der Waals surface area contributed by atoms with Crippen molar-refractivity contribution in [1.82, 2.24) is 14.7 Å². The number of carboxylic acids is 1. The van der Waals surface area contributed by atoms with Crippen molar-refractivity contribution in [2.75, 3.05) is 18.4 Å². The molecule has 1 unspecified atom stereocenters. The number of halogens is 3. The van der Waals surface area contributed by atoms with Gasteiger partial charge >= 0.3 is 18.2 Å². The van der Waals surface area contributed by atoms with Crippen LogP contribution in [0.15, 0.2) is 30.3 Å². The monoisotopic (exact) mass is 396 g/mol.